The van der Waals surface area contributed by atoms with Crippen LogP contribution in [-0.4, -0.2) is 67.0 Å². The van der Waals surface area contributed by atoms with Crippen molar-refractivity contribution in [3.63, 3.8) is 0 Å². The molecular weight excluding hydrogens is 425 g/mol. The third-order valence-corrected chi connectivity index (χ3v) is 4.77. The molecule has 0 saturated carbocycles. The van der Waals surface area contributed by atoms with Gasteiger partial charge in [0, 0.05) is 58.1 Å². The topological polar surface area (TPSA) is 86.4 Å². The molecule has 1 atom stereocenters. The van der Waals surface area contributed by atoms with E-state index in [4.69, 9.17) is 0 Å². The van der Waals surface area contributed by atoms with E-state index in [0.29, 0.717) is 18.5 Å². The number of carbonyl (C=O) groups excluding carboxylic acids is 2. The van der Waals surface area contributed by atoms with E-state index in [1.165, 1.54) is 6.20 Å². The molecule has 0 bridgehead atoms. The first-order valence-corrected chi connectivity index (χ1v) is 9.68. The summed E-state index contributed by atoms with van der Waals surface area (Å²) in [7, 11) is 0. The SMILES string of the molecule is Cl.Cl.O=C(NC(Cc1ccccc1)C(=O)NCCN1CCNCC1)c1cccnc1. The van der Waals surface area contributed by atoms with Crippen molar-refractivity contribution >= 4 is 36.6 Å². The normalized spacial score (nSPS) is 14.5. The Balaban J connectivity index is 0.00000225. The van der Waals surface area contributed by atoms with Gasteiger partial charge in [-0.25, -0.2) is 0 Å². The van der Waals surface area contributed by atoms with E-state index < -0.39 is 6.04 Å². The number of amides is 2. The highest BCUT2D eigenvalue weighted by Crippen LogP contribution is 2.05. The predicted octanol–water partition coefficient (Wildman–Crippen LogP) is 1.29. The number of rotatable bonds is 8. The molecule has 1 aromatic carbocycles. The number of hydrogen-bond donors (Lipinski definition) is 3. The van der Waals surface area contributed by atoms with E-state index in [2.05, 4.69) is 25.8 Å². The first kappa shape index (κ1) is 25.8. The van der Waals surface area contributed by atoms with Crippen molar-refractivity contribution in [1.29, 1.82) is 0 Å². The maximum Gasteiger partial charge on any atom is 0.253 e. The third-order valence-electron chi connectivity index (χ3n) is 4.77. The van der Waals surface area contributed by atoms with E-state index in [1.807, 2.05) is 30.3 Å². The van der Waals surface area contributed by atoms with Crippen LogP contribution in [0.25, 0.3) is 0 Å². The Kier molecular flexibility index (Phi) is 12.0. The Bertz CT molecular complexity index is 759. The smallest absolute Gasteiger partial charge is 0.253 e. The number of halogens is 2. The van der Waals surface area contributed by atoms with Gasteiger partial charge in [0.1, 0.15) is 6.04 Å². The van der Waals surface area contributed by atoms with Crippen LogP contribution in [0.4, 0.5) is 0 Å². The lowest BCUT2D eigenvalue weighted by Gasteiger charge is -2.27. The Morgan fingerprint density at radius 2 is 1.80 bits per heavy atom. The van der Waals surface area contributed by atoms with Crippen LogP contribution in [0.1, 0.15) is 15.9 Å². The van der Waals surface area contributed by atoms with E-state index in [-0.39, 0.29) is 36.6 Å². The van der Waals surface area contributed by atoms with E-state index in [9.17, 15) is 9.59 Å². The standard InChI is InChI=1S/C21H27N5O2.2ClH/c27-20(18-7-4-8-23-16-18)25-19(15-17-5-2-1-3-6-17)21(28)24-11-14-26-12-9-22-10-13-26;;/h1-8,16,19,22H,9-15H2,(H,24,28)(H,25,27);2*1H. The Morgan fingerprint density at radius 3 is 2.47 bits per heavy atom. The monoisotopic (exact) mass is 453 g/mol. The maximum atomic E-state index is 12.8. The molecule has 1 fully saturated rings. The summed E-state index contributed by atoms with van der Waals surface area (Å²) in [5.74, 6) is -0.470. The second-order valence-electron chi connectivity index (χ2n) is 6.84. The number of nitrogens with zero attached hydrogens (tertiary/aromatic N) is 2. The Morgan fingerprint density at radius 1 is 1.07 bits per heavy atom. The first-order valence-electron chi connectivity index (χ1n) is 9.68. The highest BCUT2D eigenvalue weighted by atomic mass is 35.5. The molecular formula is C21H29Cl2N5O2. The predicted molar refractivity (Wildman–Crippen MR) is 122 cm³/mol. The second kappa shape index (κ2) is 13.9. The molecule has 164 valence electrons. The van der Waals surface area contributed by atoms with Gasteiger partial charge in [0.25, 0.3) is 5.91 Å². The zero-order chi connectivity index (χ0) is 19.6. The molecule has 7 nitrogen and oxygen atoms in total. The van der Waals surface area contributed by atoms with Gasteiger partial charge in [-0.05, 0) is 17.7 Å². The molecule has 1 aromatic heterocycles. The van der Waals surface area contributed by atoms with Gasteiger partial charge in [-0.3, -0.25) is 19.5 Å². The van der Waals surface area contributed by atoms with Crippen LogP contribution in [0.2, 0.25) is 0 Å². The fraction of sp³-hybridized carbons (Fsp3) is 0.381. The van der Waals surface area contributed by atoms with Gasteiger partial charge < -0.3 is 16.0 Å². The number of piperazine rings is 1. The summed E-state index contributed by atoms with van der Waals surface area (Å²) in [6.07, 6.45) is 3.55. The lowest BCUT2D eigenvalue weighted by atomic mass is 10.0. The lowest BCUT2D eigenvalue weighted by Crippen LogP contribution is -2.50. The molecule has 3 rings (SSSR count). The summed E-state index contributed by atoms with van der Waals surface area (Å²) in [6.45, 7) is 5.30. The second-order valence-corrected chi connectivity index (χ2v) is 6.84. The van der Waals surface area contributed by atoms with Crippen molar-refractivity contribution in [3.8, 4) is 0 Å². The fourth-order valence-corrected chi connectivity index (χ4v) is 3.19. The maximum absolute atomic E-state index is 12.8. The molecule has 0 radical (unpaired) electrons. The first-order chi connectivity index (χ1) is 13.7. The molecule has 0 aliphatic carbocycles. The third kappa shape index (κ3) is 8.28. The Hall–Kier alpha value is -2.19. The van der Waals surface area contributed by atoms with Gasteiger partial charge in [-0.2, -0.15) is 0 Å². The van der Waals surface area contributed by atoms with Gasteiger partial charge in [-0.1, -0.05) is 30.3 Å². The van der Waals surface area contributed by atoms with Crippen LogP contribution in [0.3, 0.4) is 0 Å². The minimum atomic E-state index is -0.641. The molecule has 2 heterocycles. The molecule has 1 saturated heterocycles. The molecule has 30 heavy (non-hydrogen) atoms. The van der Waals surface area contributed by atoms with Crippen LogP contribution < -0.4 is 16.0 Å². The summed E-state index contributed by atoms with van der Waals surface area (Å²) in [5.41, 5.74) is 1.44. The van der Waals surface area contributed by atoms with Gasteiger partial charge in [0.05, 0.1) is 5.56 Å². The number of carbonyl (C=O) groups is 2. The average molecular weight is 454 g/mol. The number of hydrogen-bond acceptors (Lipinski definition) is 5. The number of benzene rings is 1. The van der Waals surface area contributed by atoms with Gasteiger partial charge in [0.2, 0.25) is 5.91 Å². The minimum Gasteiger partial charge on any atom is -0.353 e. The summed E-state index contributed by atoms with van der Waals surface area (Å²) in [5, 5.41) is 9.15. The molecule has 2 aromatic rings. The lowest BCUT2D eigenvalue weighted by molar-refractivity contribution is -0.123. The molecule has 3 N–H and O–H groups in total. The zero-order valence-corrected chi connectivity index (χ0v) is 18.4. The summed E-state index contributed by atoms with van der Waals surface area (Å²) in [6, 6.07) is 12.4. The molecule has 1 aliphatic heterocycles. The van der Waals surface area contributed by atoms with E-state index in [0.717, 1.165) is 38.3 Å². The van der Waals surface area contributed by atoms with Crippen molar-refractivity contribution in [2.24, 2.45) is 0 Å². The average Bonchev–Trinajstić information content (AvgIpc) is 2.75. The van der Waals surface area contributed by atoms with Crippen LogP contribution in [0.5, 0.6) is 0 Å². The van der Waals surface area contributed by atoms with Crippen molar-refractivity contribution in [1.82, 2.24) is 25.8 Å². The summed E-state index contributed by atoms with van der Waals surface area (Å²) >= 11 is 0. The molecule has 1 unspecified atom stereocenters. The van der Waals surface area contributed by atoms with Crippen LogP contribution >= 0.6 is 24.8 Å². The number of nitrogens with one attached hydrogen (secondary N) is 3. The minimum absolute atomic E-state index is 0. The highest BCUT2D eigenvalue weighted by molar-refractivity contribution is 5.97. The van der Waals surface area contributed by atoms with Crippen LogP contribution in [-0.2, 0) is 11.2 Å². The molecule has 9 heteroatoms. The van der Waals surface area contributed by atoms with Gasteiger partial charge in [-0.15, -0.1) is 24.8 Å². The largest absolute Gasteiger partial charge is 0.353 e. The van der Waals surface area contributed by atoms with Crippen molar-refractivity contribution in [3.05, 3.63) is 66.0 Å². The van der Waals surface area contributed by atoms with Crippen molar-refractivity contribution in [2.75, 3.05) is 39.3 Å². The van der Waals surface area contributed by atoms with Crippen LogP contribution in [0, 0.1) is 0 Å². The number of aromatic nitrogens is 1. The van der Waals surface area contributed by atoms with Crippen molar-refractivity contribution in [2.45, 2.75) is 12.5 Å². The molecule has 2 amide bonds. The summed E-state index contributed by atoms with van der Waals surface area (Å²) in [4.78, 5) is 31.6. The molecule has 1 aliphatic rings. The zero-order valence-electron chi connectivity index (χ0n) is 16.8. The van der Waals surface area contributed by atoms with Crippen LogP contribution in [0.15, 0.2) is 54.9 Å². The molecule has 0 spiro atoms. The fourth-order valence-electron chi connectivity index (χ4n) is 3.19. The number of pyridine rings is 1. The van der Waals surface area contributed by atoms with Crippen molar-refractivity contribution < 1.29 is 9.59 Å². The summed E-state index contributed by atoms with van der Waals surface area (Å²) < 4.78 is 0. The quantitative estimate of drug-likeness (QED) is 0.560. The Labute approximate surface area is 189 Å². The van der Waals surface area contributed by atoms with Gasteiger partial charge in [0.15, 0.2) is 0 Å². The highest BCUT2D eigenvalue weighted by Gasteiger charge is 2.22. The van der Waals surface area contributed by atoms with E-state index >= 15 is 0 Å². The van der Waals surface area contributed by atoms with E-state index in [1.54, 1.807) is 18.3 Å². The van der Waals surface area contributed by atoms with Gasteiger partial charge >= 0.3 is 0 Å².